The van der Waals surface area contributed by atoms with Gasteiger partial charge in [0.25, 0.3) is 0 Å². The number of nitriles is 3. The quantitative estimate of drug-likeness (QED) is 0.831. The van der Waals surface area contributed by atoms with Crippen LogP contribution in [0.3, 0.4) is 0 Å². The van der Waals surface area contributed by atoms with Gasteiger partial charge in [-0.2, -0.15) is 15.8 Å². The first-order valence-electron chi connectivity index (χ1n) is 8.01. The summed E-state index contributed by atoms with van der Waals surface area (Å²) in [5.74, 6) is -0.389. The summed E-state index contributed by atoms with van der Waals surface area (Å²) in [5.41, 5.74) is 5.68. The second-order valence-electron chi connectivity index (χ2n) is 6.86. The normalized spacial score (nSPS) is 25.2. The predicted octanol–water partition coefficient (Wildman–Crippen LogP) is 1.84. The van der Waals surface area contributed by atoms with E-state index in [9.17, 15) is 20.6 Å². The third kappa shape index (κ3) is 2.53. The molecular weight excluding hydrogens is 302 g/mol. The third-order valence-corrected chi connectivity index (χ3v) is 5.01. The number of hydrogen-bond acceptors (Lipinski definition) is 5. The van der Waals surface area contributed by atoms with Gasteiger partial charge in [-0.25, -0.2) is 0 Å². The summed E-state index contributed by atoms with van der Waals surface area (Å²) in [6, 6.07) is 6.25. The topological polar surface area (TPSA) is 118 Å². The Morgan fingerprint density at radius 1 is 1.42 bits per heavy atom. The van der Waals surface area contributed by atoms with E-state index in [0.29, 0.717) is 19.5 Å². The zero-order chi connectivity index (χ0) is 18.1. The summed E-state index contributed by atoms with van der Waals surface area (Å²) in [6.45, 7) is 6.36. The van der Waals surface area contributed by atoms with E-state index in [1.54, 1.807) is 4.90 Å². The molecule has 0 aromatic carbocycles. The van der Waals surface area contributed by atoms with Crippen LogP contribution in [0.25, 0.3) is 0 Å². The van der Waals surface area contributed by atoms with E-state index in [-0.39, 0.29) is 34.9 Å². The van der Waals surface area contributed by atoms with Crippen molar-refractivity contribution < 1.29 is 4.79 Å². The van der Waals surface area contributed by atoms with Crippen LogP contribution in [0.5, 0.6) is 0 Å². The van der Waals surface area contributed by atoms with Gasteiger partial charge in [-0.05, 0) is 17.9 Å². The average Bonchev–Trinajstić information content (AvgIpc) is 2.55. The second kappa shape index (κ2) is 6.38. The SMILES string of the molecule is CC(=O)N1CC=C2C(C#N)=C(N)C(C#N)(C#N)[C@H](CC(C)C)[C@H]2C1. The number of nitrogens with zero attached hydrogens (tertiary/aromatic N) is 4. The van der Waals surface area contributed by atoms with E-state index in [1.807, 2.05) is 19.9 Å². The predicted molar refractivity (Wildman–Crippen MR) is 87.3 cm³/mol. The number of nitrogens with two attached hydrogens (primary N) is 1. The molecule has 0 fully saturated rings. The summed E-state index contributed by atoms with van der Waals surface area (Å²) in [7, 11) is 0. The highest BCUT2D eigenvalue weighted by atomic mass is 16.2. The van der Waals surface area contributed by atoms with Crippen molar-refractivity contribution >= 4 is 5.91 Å². The first kappa shape index (κ1) is 17.6. The maximum atomic E-state index is 11.8. The number of amides is 1. The molecule has 1 aliphatic carbocycles. The maximum absolute atomic E-state index is 11.8. The van der Waals surface area contributed by atoms with Crippen molar-refractivity contribution in [3.05, 3.63) is 22.9 Å². The van der Waals surface area contributed by atoms with Crippen molar-refractivity contribution in [2.24, 2.45) is 28.9 Å². The van der Waals surface area contributed by atoms with Crippen LogP contribution in [0.1, 0.15) is 27.2 Å². The van der Waals surface area contributed by atoms with Gasteiger partial charge in [0.2, 0.25) is 5.91 Å². The van der Waals surface area contributed by atoms with Crippen LogP contribution >= 0.6 is 0 Å². The minimum atomic E-state index is -1.53. The molecule has 1 amide bonds. The first-order chi connectivity index (χ1) is 11.3. The first-order valence-corrected chi connectivity index (χ1v) is 8.01. The van der Waals surface area contributed by atoms with Crippen LogP contribution in [0.2, 0.25) is 0 Å². The molecule has 0 aromatic heterocycles. The standard InChI is InChI=1S/C18H21N5O/c1-11(2)6-16-15-8-23(12(3)24)5-4-13(15)14(7-19)17(22)18(16,9-20)10-21/h4,11,15-16H,5-6,8,22H2,1-3H3/t15-,16+/m0/s1. The van der Waals surface area contributed by atoms with E-state index in [0.717, 1.165) is 5.57 Å². The van der Waals surface area contributed by atoms with Gasteiger partial charge in [0.1, 0.15) is 6.07 Å². The summed E-state index contributed by atoms with van der Waals surface area (Å²) < 4.78 is 0. The fraction of sp³-hybridized carbons (Fsp3) is 0.556. The van der Waals surface area contributed by atoms with Crippen molar-refractivity contribution in [1.29, 1.82) is 15.8 Å². The van der Waals surface area contributed by atoms with Gasteiger partial charge in [0, 0.05) is 31.8 Å². The van der Waals surface area contributed by atoms with Crippen LogP contribution < -0.4 is 5.73 Å². The number of rotatable bonds is 2. The summed E-state index contributed by atoms with van der Waals surface area (Å²) in [5, 5.41) is 29.1. The van der Waals surface area contributed by atoms with Crippen molar-refractivity contribution in [1.82, 2.24) is 4.90 Å². The van der Waals surface area contributed by atoms with Crippen molar-refractivity contribution in [2.75, 3.05) is 13.1 Å². The Kier molecular flexibility index (Phi) is 4.67. The molecule has 0 saturated carbocycles. The number of carbonyl (C=O) groups excluding carboxylic acids is 1. The Labute approximate surface area is 142 Å². The van der Waals surface area contributed by atoms with Gasteiger partial charge < -0.3 is 10.6 Å². The lowest BCUT2D eigenvalue weighted by molar-refractivity contribution is -0.129. The lowest BCUT2D eigenvalue weighted by Crippen LogP contribution is -2.50. The van der Waals surface area contributed by atoms with Crippen LogP contribution in [0.15, 0.2) is 22.9 Å². The fourth-order valence-electron chi connectivity index (χ4n) is 3.80. The Bertz CT molecular complexity index is 727. The van der Waals surface area contributed by atoms with Gasteiger partial charge in [0.05, 0.1) is 23.4 Å². The van der Waals surface area contributed by atoms with Crippen LogP contribution in [-0.2, 0) is 4.79 Å². The molecule has 2 N–H and O–H groups in total. The summed E-state index contributed by atoms with van der Waals surface area (Å²) >= 11 is 0. The summed E-state index contributed by atoms with van der Waals surface area (Å²) in [4.78, 5) is 13.5. The molecule has 0 unspecified atom stereocenters. The van der Waals surface area contributed by atoms with Gasteiger partial charge in [0.15, 0.2) is 5.41 Å². The summed E-state index contributed by atoms with van der Waals surface area (Å²) in [6.07, 6.45) is 2.46. The van der Waals surface area contributed by atoms with Gasteiger partial charge >= 0.3 is 0 Å². The molecular formula is C18H21N5O. The number of fused-ring (bicyclic) bond motifs is 1. The van der Waals surface area contributed by atoms with E-state index >= 15 is 0 Å². The molecule has 2 rings (SSSR count). The highest BCUT2D eigenvalue weighted by Gasteiger charge is 2.53. The largest absolute Gasteiger partial charge is 0.399 e. The number of allylic oxidation sites excluding steroid dienone is 2. The maximum Gasteiger partial charge on any atom is 0.219 e. The molecule has 0 aromatic rings. The lowest BCUT2D eigenvalue weighted by atomic mass is 9.58. The van der Waals surface area contributed by atoms with Gasteiger partial charge in [-0.1, -0.05) is 19.9 Å². The van der Waals surface area contributed by atoms with Crippen LogP contribution in [0, 0.1) is 57.2 Å². The zero-order valence-electron chi connectivity index (χ0n) is 14.2. The molecule has 124 valence electrons. The van der Waals surface area contributed by atoms with Crippen LogP contribution in [-0.4, -0.2) is 23.9 Å². The molecule has 1 heterocycles. The highest BCUT2D eigenvalue weighted by molar-refractivity contribution is 5.74. The molecule has 1 aliphatic heterocycles. The van der Waals surface area contributed by atoms with Gasteiger partial charge in [-0.15, -0.1) is 0 Å². The Morgan fingerprint density at radius 3 is 2.50 bits per heavy atom. The Hall–Kier alpha value is -2.78. The van der Waals surface area contributed by atoms with E-state index in [2.05, 4.69) is 18.2 Å². The molecule has 2 aliphatic rings. The molecule has 6 heteroatoms. The third-order valence-electron chi connectivity index (χ3n) is 5.01. The molecule has 0 bridgehead atoms. The molecule has 24 heavy (non-hydrogen) atoms. The number of hydrogen-bond donors (Lipinski definition) is 1. The number of carbonyl (C=O) groups is 1. The van der Waals surface area contributed by atoms with E-state index < -0.39 is 5.41 Å². The highest BCUT2D eigenvalue weighted by Crippen LogP contribution is 2.51. The minimum absolute atomic E-state index is 0.0550. The molecule has 0 spiro atoms. The fourth-order valence-corrected chi connectivity index (χ4v) is 3.80. The molecule has 6 nitrogen and oxygen atoms in total. The van der Waals surface area contributed by atoms with E-state index in [1.165, 1.54) is 6.92 Å². The van der Waals surface area contributed by atoms with Crippen molar-refractivity contribution in [2.45, 2.75) is 27.2 Å². The molecule has 0 radical (unpaired) electrons. The van der Waals surface area contributed by atoms with E-state index in [4.69, 9.17) is 5.73 Å². The van der Waals surface area contributed by atoms with Crippen molar-refractivity contribution in [3.8, 4) is 18.2 Å². The zero-order valence-corrected chi connectivity index (χ0v) is 14.2. The van der Waals surface area contributed by atoms with Gasteiger partial charge in [-0.3, -0.25) is 4.79 Å². The van der Waals surface area contributed by atoms with Crippen molar-refractivity contribution in [3.63, 3.8) is 0 Å². The smallest absolute Gasteiger partial charge is 0.219 e. The molecule has 2 atom stereocenters. The minimum Gasteiger partial charge on any atom is -0.399 e. The Morgan fingerprint density at radius 2 is 2.04 bits per heavy atom. The van der Waals surface area contributed by atoms with Crippen LogP contribution in [0.4, 0.5) is 0 Å². The molecule has 0 saturated heterocycles. The lowest BCUT2D eigenvalue weighted by Gasteiger charge is -2.45. The second-order valence-corrected chi connectivity index (χ2v) is 6.86. The Balaban J connectivity index is 2.69. The monoisotopic (exact) mass is 323 g/mol. The average molecular weight is 323 g/mol.